The quantitative estimate of drug-likeness (QED) is 0.792. The van der Waals surface area contributed by atoms with E-state index in [1.54, 1.807) is 0 Å². The molecule has 1 aliphatic rings. The molecule has 1 atom stereocenters. The molecule has 1 saturated heterocycles. The van der Waals surface area contributed by atoms with Crippen LogP contribution in [0.5, 0.6) is 0 Å². The van der Waals surface area contributed by atoms with Gasteiger partial charge >= 0.3 is 0 Å². The van der Waals surface area contributed by atoms with Crippen LogP contribution in [0, 0.1) is 13.8 Å². The van der Waals surface area contributed by atoms with Gasteiger partial charge in [0.05, 0.1) is 5.69 Å². The number of hydrogen-bond donors (Lipinski definition) is 2. The fraction of sp³-hybridized carbons (Fsp3) is 0.500. The molecule has 0 unspecified atom stereocenters. The fourth-order valence-corrected chi connectivity index (χ4v) is 3.47. The predicted molar refractivity (Wildman–Crippen MR) is 97.9 cm³/mol. The van der Waals surface area contributed by atoms with Gasteiger partial charge in [0, 0.05) is 24.2 Å². The topological polar surface area (TPSA) is 67.2 Å². The van der Waals surface area contributed by atoms with Gasteiger partial charge in [-0.05, 0) is 69.7 Å². The second-order valence-electron chi connectivity index (χ2n) is 6.83. The Labute approximate surface area is 149 Å². The van der Waals surface area contributed by atoms with E-state index >= 15 is 0 Å². The molecule has 0 saturated carbocycles. The Balaban J connectivity index is 1.46. The summed E-state index contributed by atoms with van der Waals surface area (Å²) in [5.74, 6) is 1.43. The molecule has 2 N–H and O–H groups in total. The zero-order valence-electron chi connectivity index (χ0n) is 15.1. The largest absolute Gasteiger partial charge is 0.361 e. The summed E-state index contributed by atoms with van der Waals surface area (Å²) in [6.07, 6.45) is 4.19. The number of piperidine rings is 1. The number of nitrogens with one attached hydrogen (secondary N) is 2. The number of benzene rings is 1. The third-order valence-electron chi connectivity index (χ3n) is 5.01. The molecule has 0 radical (unpaired) electrons. The van der Waals surface area contributed by atoms with E-state index in [4.69, 9.17) is 4.52 Å². The van der Waals surface area contributed by atoms with Crippen LogP contribution in [-0.4, -0.2) is 30.7 Å². The van der Waals surface area contributed by atoms with Crippen LogP contribution in [0.2, 0.25) is 0 Å². The Hall–Kier alpha value is -2.14. The summed E-state index contributed by atoms with van der Waals surface area (Å²) in [6.45, 7) is 6.68. The highest BCUT2D eigenvalue weighted by Crippen LogP contribution is 2.23. The molecule has 0 aliphatic carbocycles. The summed E-state index contributed by atoms with van der Waals surface area (Å²) in [7, 11) is 0. The van der Waals surface area contributed by atoms with E-state index in [-0.39, 0.29) is 5.91 Å². The molecule has 0 bridgehead atoms. The highest BCUT2D eigenvalue weighted by atomic mass is 16.5. The third-order valence-corrected chi connectivity index (χ3v) is 5.01. The zero-order valence-corrected chi connectivity index (χ0v) is 15.1. The van der Waals surface area contributed by atoms with Crippen molar-refractivity contribution in [1.82, 2.24) is 15.8 Å². The first kappa shape index (κ1) is 17.7. The van der Waals surface area contributed by atoms with E-state index in [0.29, 0.717) is 12.5 Å². The van der Waals surface area contributed by atoms with Crippen LogP contribution < -0.4 is 10.6 Å². The average Bonchev–Trinajstić information content (AvgIpc) is 2.97. The first-order chi connectivity index (χ1) is 12.1. The van der Waals surface area contributed by atoms with Crippen LogP contribution in [0.25, 0.3) is 0 Å². The smallest absolute Gasteiger partial charge is 0.251 e. The Kier molecular flexibility index (Phi) is 5.87. The third kappa shape index (κ3) is 4.48. The van der Waals surface area contributed by atoms with Gasteiger partial charge in [-0.2, -0.15) is 0 Å². The summed E-state index contributed by atoms with van der Waals surface area (Å²) in [6, 6.07) is 8.06. The SMILES string of the molecule is Cc1noc(C)c1CCCNC(=O)c1ccc([C@H]2CCCNC2)cc1. The van der Waals surface area contributed by atoms with Gasteiger partial charge in [0.2, 0.25) is 0 Å². The van der Waals surface area contributed by atoms with Crippen molar-refractivity contribution in [2.24, 2.45) is 0 Å². The number of carbonyl (C=O) groups excluding carboxylic acids is 1. The maximum atomic E-state index is 12.3. The molecule has 134 valence electrons. The first-order valence-electron chi connectivity index (χ1n) is 9.16. The zero-order chi connectivity index (χ0) is 17.6. The van der Waals surface area contributed by atoms with E-state index in [2.05, 4.69) is 27.9 Å². The molecule has 25 heavy (non-hydrogen) atoms. The van der Waals surface area contributed by atoms with Crippen LogP contribution in [0.4, 0.5) is 0 Å². The number of amides is 1. The lowest BCUT2D eigenvalue weighted by atomic mass is 9.91. The Morgan fingerprint density at radius 1 is 1.32 bits per heavy atom. The van der Waals surface area contributed by atoms with Gasteiger partial charge in [-0.15, -0.1) is 0 Å². The van der Waals surface area contributed by atoms with Crippen LogP contribution in [-0.2, 0) is 6.42 Å². The molecule has 1 aromatic carbocycles. The summed E-state index contributed by atoms with van der Waals surface area (Å²) >= 11 is 0. The molecule has 1 fully saturated rings. The number of nitrogens with zero attached hydrogens (tertiary/aromatic N) is 1. The normalized spacial score (nSPS) is 17.4. The second-order valence-corrected chi connectivity index (χ2v) is 6.83. The Morgan fingerprint density at radius 2 is 2.12 bits per heavy atom. The van der Waals surface area contributed by atoms with Crippen LogP contribution >= 0.6 is 0 Å². The standard InChI is InChI=1S/C20H27N3O2/c1-14-19(15(2)25-23-14)6-4-12-22-20(24)17-9-7-16(8-10-17)18-5-3-11-21-13-18/h7-10,18,21H,3-6,11-13H2,1-2H3,(H,22,24)/t18-/m0/s1. The lowest BCUT2D eigenvalue weighted by Gasteiger charge is -2.23. The predicted octanol–water partition coefficient (Wildman–Crippen LogP) is 3.12. The Morgan fingerprint density at radius 3 is 2.76 bits per heavy atom. The summed E-state index contributed by atoms with van der Waals surface area (Å²) in [5, 5.41) is 10.4. The van der Waals surface area contributed by atoms with Gasteiger partial charge in [-0.1, -0.05) is 17.3 Å². The number of aryl methyl sites for hydroxylation is 2. The van der Waals surface area contributed by atoms with Gasteiger partial charge in [0.1, 0.15) is 5.76 Å². The van der Waals surface area contributed by atoms with Crippen molar-refractivity contribution in [3.8, 4) is 0 Å². The van der Waals surface area contributed by atoms with Gasteiger partial charge in [-0.25, -0.2) is 0 Å². The monoisotopic (exact) mass is 341 g/mol. The highest BCUT2D eigenvalue weighted by molar-refractivity contribution is 5.94. The van der Waals surface area contributed by atoms with E-state index in [9.17, 15) is 4.79 Å². The molecule has 5 heteroatoms. The highest BCUT2D eigenvalue weighted by Gasteiger charge is 2.15. The van der Waals surface area contributed by atoms with Crippen molar-refractivity contribution >= 4 is 5.91 Å². The van der Waals surface area contributed by atoms with Gasteiger partial charge in [0.15, 0.2) is 0 Å². The summed E-state index contributed by atoms with van der Waals surface area (Å²) < 4.78 is 5.16. The Bertz CT molecular complexity index is 681. The first-order valence-corrected chi connectivity index (χ1v) is 9.16. The lowest BCUT2D eigenvalue weighted by Crippen LogP contribution is -2.28. The van der Waals surface area contributed by atoms with E-state index in [1.165, 1.54) is 18.4 Å². The minimum absolute atomic E-state index is 0.00733. The van der Waals surface area contributed by atoms with Crippen molar-refractivity contribution in [1.29, 1.82) is 0 Å². The van der Waals surface area contributed by atoms with Gasteiger partial charge in [0.25, 0.3) is 5.91 Å². The molecule has 2 aromatic rings. The molecule has 3 rings (SSSR count). The minimum atomic E-state index is -0.00733. The van der Waals surface area contributed by atoms with Crippen molar-refractivity contribution in [3.05, 3.63) is 52.4 Å². The summed E-state index contributed by atoms with van der Waals surface area (Å²) in [5.41, 5.74) is 4.14. The van der Waals surface area contributed by atoms with Crippen molar-refractivity contribution < 1.29 is 9.32 Å². The molecule has 0 spiro atoms. The summed E-state index contributed by atoms with van der Waals surface area (Å²) in [4.78, 5) is 12.3. The average molecular weight is 341 g/mol. The fourth-order valence-electron chi connectivity index (χ4n) is 3.47. The molecule has 1 aromatic heterocycles. The van der Waals surface area contributed by atoms with Gasteiger partial charge < -0.3 is 15.2 Å². The molecular weight excluding hydrogens is 314 g/mol. The van der Waals surface area contributed by atoms with E-state index < -0.39 is 0 Å². The molecular formula is C20H27N3O2. The van der Waals surface area contributed by atoms with Crippen LogP contribution in [0.3, 0.4) is 0 Å². The van der Waals surface area contributed by atoms with Crippen molar-refractivity contribution in [2.45, 2.75) is 45.4 Å². The number of aromatic nitrogens is 1. The second kappa shape index (κ2) is 8.30. The van der Waals surface area contributed by atoms with Crippen LogP contribution in [0.1, 0.15) is 58.1 Å². The van der Waals surface area contributed by atoms with E-state index in [1.807, 2.05) is 26.0 Å². The number of rotatable bonds is 6. The van der Waals surface area contributed by atoms with Gasteiger partial charge in [-0.3, -0.25) is 4.79 Å². The minimum Gasteiger partial charge on any atom is -0.361 e. The molecule has 1 aliphatic heterocycles. The van der Waals surface area contributed by atoms with Crippen molar-refractivity contribution in [3.63, 3.8) is 0 Å². The molecule has 2 heterocycles. The maximum absolute atomic E-state index is 12.3. The molecule has 5 nitrogen and oxygen atoms in total. The van der Waals surface area contributed by atoms with E-state index in [0.717, 1.165) is 48.5 Å². The molecule has 1 amide bonds. The number of hydrogen-bond acceptors (Lipinski definition) is 4. The number of carbonyl (C=O) groups is 1. The van der Waals surface area contributed by atoms with Crippen molar-refractivity contribution in [2.75, 3.05) is 19.6 Å². The maximum Gasteiger partial charge on any atom is 0.251 e. The lowest BCUT2D eigenvalue weighted by molar-refractivity contribution is 0.0953. The van der Waals surface area contributed by atoms with Crippen LogP contribution in [0.15, 0.2) is 28.8 Å².